The smallest absolute Gasteiger partial charge is 0.353 e. The number of hydrogen-bond acceptors (Lipinski definition) is 7. The normalized spacial score (nSPS) is 14.0. The summed E-state index contributed by atoms with van der Waals surface area (Å²) < 4.78 is 21.4. The van der Waals surface area contributed by atoms with E-state index in [4.69, 9.17) is 18.9 Å². The average Bonchev–Trinajstić information content (AvgIpc) is 2.95. The lowest BCUT2D eigenvalue weighted by Gasteiger charge is -2.30. The number of ether oxygens (including phenoxy) is 4. The third-order valence-corrected chi connectivity index (χ3v) is 6.65. The molecule has 4 rings (SSSR count). The molecule has 0 radical (unpaired) electrons. The number of benzene rings is 2. The molecule has 1 amide bonds. The highest BCUT2D eigenvalue weighted by molar-refractivity contribution is 5.94. The van der Waals surface area contributed by atoms with E-state index in [0.717, 1.165) is 17.5 Å². The van der Waals surface area contributed by atoms with Crippen LogP contribution in [-0.2, 0) is 16.0 Å². The van der Waals surface area contributed by atoms with Crippen molar-refractivity contribution in [3.63, 3.8) is 0 Å². The van der Waals surface area contributed by atoms with E-state index < -0.39 is 11.5 Å². The van der Waals surface area contributed by atoms with Crippen LogP contribution in [0.1, 0.15) is 39.4 Å². The molecule has 1 aliphatic heterocycles. The lowest BCUT2D eigenvalue weighted by Crippen LogP contribution is -2.43. The minimum Gasteiger partial charge on any atom is -0.495 e. The van der Waals surface area contributed by atoms with Crippen LogP contribution >= 0.6 is 0 Å². The fraction of sp³-hybridized carbons (Fsp3) is 0.345. The standard InChI is InChI=1S/C29H32N2O7/c1-19-25(35-2)24(26(32)30-27(19)36-3)29(34)38-22-12-10-21(11-13-22)23(14-9-20-7-5-4-6-8-20)28(33)31-15-17-37-18-16-31/h4-8,10-13,23H,9,14-18H2,1-3H3,(H,30,32). The van der Waals surface area contributed by atoms with Crippen molar-refractivity contribution < 1.29 is 28.5 Å². The van der Waals surface area contributed by atoms with Crippen LogP contribution in [0.4, 0.5) is 0 Å². The summed E-state index contributed by atoms with van der Waals surface area (Å²) in [6.45, 7) is 3.85. The van der Waals surface area contributed by atoms with E-state index >= 15 is 0 Å². The molecule has 0 spiro atoms. The second-order valence-electron chi connectivity index (χ2n) is 8.99. The highest BCUT2D eigenvalue weighted by atomic mass is 16.5. The van der Waals surface area contributed by atoms with Crippen molar-refractivity contribution in [2.24, 2.45) is 0 Å². The number of aromatic nitrogens is 1. The third-order valence-electron chi connectivity index (χ3n) is 6.65. The quantitative estimate of drug-likeness (QED) is 0.340. The van der Waals surface area contributed by atoms with Gasteiger partial charge in [0.25, 0.3) is 5.56 Å². The van der Waals surface area contributed by atoms with E-state index in [1.807, 2.05) is 23.1 Å². The largest absolute Gasteiger partial charge is 0.495 e. The molecule has 0 saturated carbocycles. The van der Waals surface area contributed by atoms with E-state index in [1.54, 1.807) is 31.2 Å². The van der Waals surface area contributed by atoms with Gasteiger partial charge in [-0.3, -0.25) is 14.6 Å². The van der Waals surface area contributed by atoms with Gasteiger partial charge >= 0.3 is 5.97 Å². The number of methoxy groups -OCH3 is 2. The number of carbonyl (C=O) groups is 2. The number of hydrogen-bond donors (Lipinski definition) is 1. The van der Waals surface area contributed by atoms with E-state index in [0.29, 0.717) is 38.3 Å². The molecule has 2 heterocycles. The fourth-order valence-corrected chi connectivity index (χ4v) is 4.62. The van der Waals surface area contributed by atoms with Crippen molar-refractivity contribution >= 4 is 11.9 Å². The zero-order valence-corrected chi connectivity index (χ0v) is 21.8. The number of nitrogens with zero attached hydrogens (tertiary/aromatic N) is 1. The zero-order chi connectivity index (χ0) is 27.1. The van der Waals surface area contributed by atoms with Crippen molar-refractivity contribution in [2.45, 2.75) is 25.7 Å². The maximum atomic E-state index is 13.5. The summed E-state index contributed by atoms with van der Waals surface area (Å²) in [7, 11) is 2.78. The number of aromatic amines is 1. The summed E-state index contributed by atoms with van der Waals surface area (Å²) in [5, 5.41) is 0. The fourth-order valence-electron chi connectivity index (χ4n) is 4.62. The van der Waals surface area contributed by atoms with E-state index in [1.165, 1.54) is 14.2 Å². The summed E-state index contributed by atoms with van der Waals surface area (Å²) in [4.78, 5) is 43.3. The van der Waals surface area contributed by atoms with Crippen LogP contribution in [-0.4, -0.2) is 62.3 Å². The minimum absolute atomic E-state index is 0.0546. The molecule has 1 unspecified atom stereocenters. The number of nitrogens with one attached hydrogen (secondary N) is 1. The third kappa shape index (κ3) is 6.06. The molecular weight excluding hydrogens is 488 g/mol. The molecule has 2 aromatic carbocycles. The van der Waals surface area contributed by atoms with Gasteiger partial charge in [0.15, 0.2) is 11.4 Å². The number of H-pyrrole nitrogens is 1. The molecule has 1 aliphatic rings. The Bertz CT molecular complexity index is 1310. The van der Waals surface area contributed by atoms with Gasteiger partial charge in [-0.15, -0.1) is 0 Å². The molecule has 1 fully saturated rings. The summed E-state index contributed by atoms with van der Waals surface area (Å²) in [6, 6.07) is 16.9. The Morgan fingerprint density at radius 2 is 1.68 bits per heavy atom. The molecular formula is C29H32N2O7. The van der Waals surface area contributed by atoms with Crippen LogP contribution in [0.15, 0.2) is 59.4 Å². The van der Waals surface area contributed by atoms with Crippen LogP contribution < -0.4 is 19.8 Å². The molecule has 1 saturated heterocycles. The number of esters is 1. The van der Waals surface area contributed by atoms with Gasteiger partial charge in [-0.05, 0) is 43.0 Å². The summed E-state index contributed by atoms with van der Waals surface area (Å²) in [5.41, 5.74) is 1.53. The Balaban J connectivity index is 1.54. The number of rotatable bonds is 9. The topological polar surface area (TPSA) is 107 Å². The average molecular weight is 521 g/mol. The van der Waals surface area contributed by atoms with Crippen LogP contribution in [0.3, 0.4) is 0 Å². The highest BCUT2D eigenvalue weighted by Gasteiger charge is 2.28. The molecule has 1 aromatic heterocycles. The first-order valence-electron chi connectivity index (χ1n) is 12.5. The molecule has 3 aromatic rings. The number of carbonyl (C=O) groups excluding carboxylic acids is 2. The first-order chi connectivity index (χ1) is 18.4. The minimum atomic E-state index is -0.855. The Labute approximate surface area is 221 Å². The number of amides is 1. The molecule has 1 atom stereocenters. The molecule has 38 heavy (non-hydrogen) atoms. The number of aryl methyl sites for hydroxylation is 1. The Hall–Kier alpha value is -4.11. The predicted octanol–water partition coefficient (Wildman–Crippen LogP) is 3.49. The molecule has 9 nitrogen and oxygen atoms in total. The van der Waals surface area contributed by atoms with Crippen molar-refractivity contribution in [3.05, 3.63) is 87.2 Å². The van der Waals surface area contributed by atoms with Crippen molar-refractivity contribution in [3.8, 4) is 17.4 Å². The van der Waals surface area contributed by atoms with Crippen LogP contribution in [0, 0.1) is 6.92 Å². The van der Waals surface area contributed by atoms with Gasteiger partial charge in [0.05, 0.1) is 38.9 Å². The maximum absolute atomic E-state index is 13.5. The van der Waals surface area contributed by atoms with Gasteiger partial charge in [-0.25, -0.2) is 4.79 Å². The van der Waals surface area contributed by atoms with Crippen LogP contribution in [0.25, 0.3) is 0 Å². The Morgan fingerprint density at radius 3 is 2.32 bits per heavy atom. The predicted molar refractivity (Wildman–Crippen MR) is 141 cm³/mol. The second-order valence-corrected chi connectivity index (χ2v) is 8.99. The summed E-state index contributed by atoms with van der Waals surface area (Å²) in [5.74, 6) is -0.617. The molecule has 9 heteroatoms. The Morgan fingerprint density at radius 1 is 1.00 bits per heavy atom. The van der Waals surface area contributed by atoms with Crippen LogP contribution in [0.2, 0.25) is 0 Å². The number of morpholine rings is 1. The first kappa shape index (κ1) is 26.9. The molecule has 0 aliphatic carbocycles. The molecule has 0 bridgehead atoms. The maximum Gasteiger partial charge on any atom is 0.353 e. The number of pyridine rings is 1. The molecule has 200 valence electrons. The lowest BCUT2D eigenvalue weighted by atomic mass is 9.90. The monoisotopic (exact) mass is 520 g/mol. The SMILES string of the molecule is COc1[nH]c(=O)c(C(=O)Oc2ccc(C(CCc3ccccc3)C(=O)N3CCOCC3)cc2)c(OC)c1C. The van der Waals surface area contributed by atoms with Gasteiger partial charge in [0.1, 0.15) is 11.5 Å². The van der Waals surface area contributed by atoms with E-state index in [-0.39, 0.29) is 34.8 Å². The lowest BCUT2D eigenvalue weighted by molar-refractivity contribution is -0.137. The van der Waals surface area contributed by atoms with Crippen molar-refractivity contribution in [2.75, 3.05) is 40.5 Å². The van der Waals surface area contributed by atoms with Crippen molar-refractivity contribution in [1.29, 1.82) is 0 Å². The Kier molecular flexibility index (Phi) is 8.81. The van der Waals surface area contributed by atoms with E-state index in [9.17, 15) is 14.4 Å². The van der Waals surface area contributed by atoms with Gasteiger partial charge in [-0.2, -0.15) is 0 Å². The first-order valence-corrected chi connectivity index (χ1v) is 12.5. The van der Waals surface area contributed by atoms with E-state index in [2.05, 4.69) is 17.1 Å². The van der Waals surface area contributed by atoms with Crippen molar-refractivity contribution in [1.82, 2.24) is 9.88 Å². The summed E-state index contributed by atoms with van der Waals surface area (Å²) in [6.07, 6.45) is 1.38. The van der Waals surface area contributed by atoms with Gasteiger partial charge in [0, 0.05) is 13.1 Å². The van der Waals surface area contributed by atoms with Gasteiger partial charge in [0.2, 0.25) is 5.91 Å². The molecule has 1 N–H and O–H groups in total. The summed E-state index contributed by atoms with van der Waals surface area (Å²) >= 11 is 0. The zero-order valence-electron chi connectivity index (χ0n) is 21.8. The van der Waals surface area contributed by atoms with Gasteiger partial charge in [-0.1, -0.05) is 42.5 Å². The highest BCUT2D eigenvalue weighted by Crippen LogP contribution is 2.29. The van der Waals surface area contributed by atoms with Crippen LogP contribution in [0.5, 0.6) is 17.4 Å². The second kappa shape index (κ2) is 12.4. The van der Waals surface area contributed by atoms with Gasteiger partial charge < -0.3 is 23.8 Å².